The van der Waals surface area contributed by atoms with Gasteiger partial charge in [0.25, 0.3) is 0 Å². The summed E-state index contributed by atoms with van der Waals surface area (Å²) in [4.78, 5) is 34.1. The van der Waals surface area contributed by atoms with E-state index >= 15 is 0 Å². The Labute approximate surface area is 192 Å². The van der Waals surface area contributed by atoms with E-state index in [1.807, 2.05) is 67.7 Å². The molecule has 0 saturated heterocycles. The minimum absolute atomic E-state index is 0.250. The van der Waals surface area contributed by atoms with Gasteiger partial charge in [-0.25, -0.2) is 4.79 Å². The summed E-state index contributed by atoms with van der Waals surface area (Å²) >= 11 is 0. The first kappa shape index (κ1) is 21.0. The molecule has 2 heterocycles. The largest absolute Gasteiger partial charge is 0.445 e. The van der Waals surface area contributed by atoms with Gasteiger partial charge in [-0.05, 0) is 13.1 Å². The molecule has 0 bridgehead atoms. The molecule has 0 spiro atoms. The van der Waals surface area contributed by atoms with Crippen LogP contribution >= 0.6 is 0 Å². The molecule has 0 radical (unpaired) electrons. The van der Waals surface area contributed by atoms with Gasteiger partial charge in [-0.15, -0.1) is 0 Å². The van der Waals surface area contributed by atoms with E-state index in [0.29, 0.717) is 23.2 Å². The number of para-hydroxylation sites is 1. The van der Waals surface area contributed by atoms with Gasteiger partial charge in [0.05, 0.1) is 11.1 Å². The lowest BCUT2D eigenvalue weighted by atomic mass is 9.95. The predicted molar refractivity (Wildman–Crippen MR) is 127 cm³/mol. The zero-order valence-corrected chi connectivity index (χ0v) is 18.4. The first-order valence-electron chi connectivity index (χ1n) is 11.1. The summed E-state index contributed by atoms with van der Waals surface area (Å²) in [5, 5.41) is 0.746. The zero-order chi connectivity index (χ0) is 22.8. The van der Waals surface area contributed by atoms with E-state index in [0.717, 1.165) is 35.1 Å². The number of likely N-dealkylation sites (N-methyl/N-ethyl adjacent to an activating group) is 1. The van der Waals surface area contributed by atoms with Crippen LogP contribution in [0.15, 0.2) is 84.9 Å². The quantitative estimate of drug-likeness (QED) is 0.325. The van der Waals surface area contributed by atoms with Crippen LogP contribution < -0.4 is 0 Å². The molecular formula is C28H24N2O3. The fourth-order valence-corrected chi connectivity index (χ4v) is 4.38. The number of nitrogens with zero attached hydrogens (tertiary/aromatic N) is 2. The van der Waals surface area contributed by atoms with Crippen molar-refractivity contribution in [2.45, 2.75) is 19.1 Å². The lowest BCUT2D eigenvalue weighted by molar-refractivity contribution is 0.0279. The highest BCUT2D eigenvalue weighted by Crippen LogP contribution is 2.31. The van der Waals surface area contributed by atoms with E-state index in [9.17, 15) is 9.59 Å². The minimum atomic E-state index is -1.04. The van der Waals surface area contributed by atoms with Gasteiger partial charge in [-0.1, -0.05) is 78.9 Å². The molecule has 0 aliphatic carbocycles. The molecule has 1 aliphatic heterocycles. The van der Waals surface area contributed by atoms with Gasteiger partial charge in [0.2, 0.25) is 5.78 Å². The third-order valence-electron chi connectivity index (χ3n) is 6.07. The van der Waals surface area contributed by atoms with Crippen molar-refractivity contribution in [3.63, 3.8) is 0 Å². The number of pyridine rings is 1. The number of ketones is 1. The van der Waals surface area contributed by atoms with Crippen LogP contribution in [0.2, 0.25) is 0 Å². The summed E-state index contributed by atoms with van der Waals surface area (Å²) in [6.07, 6.45) is -0.271. The summed E-state index contributed by atoms with van der Waals surface area (Å²) in [6, 6.07) is 25.7. The molecule has 0 saturated carbocycles. The number of ether oxygens (including phenoxy) is 1. The van der Waals surface area contributed by atoms with Crippen molar-refractivity contribution in [1.29, 1.82) is 0 Å². The normalized spacial score (nSPS) is 14.5. The van der Waals surface area contributed by atoms with Crippen LogP contribution in [-0.4, -0.2) is 35.2 Å². The van der Waals surface area contributed by atoms with Crippen molar-refractivity contribution in [2.24, 2.45) is 0 Å². The zero-order valence-electron chi connectivity index (χ0n) is 18.4. The Morgan fingerprint density at radius 3 is 2.33 bits per heavy atom. The SMILES string of the molecule is CN1CCc2nc3ccccc3c(C(=O)OC(C(=O)c3ccccc3)c3ccccc3)c2C1. The maximum atomic E-state index is 13.7. The van der Waals surface area contributed by atoms with Crippen molar-refractivity contribution < 1.29 is 14.3 Å². The van der Waals surface area contributed by atoms with Gasteiger partial charge in [0.15, 0.2) is 6.10 Å². The fourth-order valence-electron chi connectivity index (χ4n) is 4.38. The minimum Gasteiger partial charge on any atom is -0.445 e. The van der Waals surface area contributed by atoms with E-state index in [-0.39, 0.29) is 5.78 Å². The van der Waals surface area contributed by atoms with Crippen molar-refractivity contribution in [2.75, 3.05) is 13.6 Å². The number of fused-ring (bicyclic) bond motifs is 2. The highest BCUT2D eigenvalue weighted by molar-refractivity contribution is 6.07. The number of carbonyl (C=O) groups excluding carboxylic acids is 2. The van der Waals surface area contributed by atoms with Crippen LogP contribution in [0.5, 0.6) is 0 Å². The number of rotatable bonds is 5. The summed E-state index contributed by atoms with van der Waals surface area (Å²) in [5.74, 6) is -0.752. The smallest absolute Gasteiger partial charge is 0.340 e. The van der Waals surface area contributed by atoms with Crippen LogP contribution in [0.3, 0.4) is 0 Å². The Morgan fingerprint density at radius 2 is 1.58 bits per heavy atom. The van der Waals surface area contributed by atoms with E-state index in [1.54, 1.807) is 24.3 Å². The number of esters is 1. The third kappa shape index (κ3) is 4.15. The highest BCUT2D eigenvalue weighted by atomic mass is 16.5. The highest BCUT2D eigenvalue weighted by Gasteiger charge is 2.30. The second-order valence-electron chi connectivity index (χ2n) is 8.34. The lowest BCUT2D eigenvalue weighted by Crippen LogP contribution is -2.30. The van der Waals surface area contributed by atoms with Crippen LogP contribution in [-0.2, 0) is 17.7 Å². The molecule has 1 unspecified atom stereocenters. The van der Waals surface area contributed by atoms with Gasteiger partial charge in [-0.3, -0.25) is 9.78 Å². The van der Waals surface area contributed by atoms with Crippen molar-refractivity contribution in [1.82, 2.24) is 9.88 Å². The average molecular weight is 437 g/mol. The number of Topliss-reactive ketones (excluding diaryl/α,β-unsaturated/α-hetero) is 1. The van der Waals surface area contributed by atoms with Gasteiger partial charge < -0.3 is 9.64 Å². The van der Waals surface area contributed by atoms with Crippen LogP contribution in [0.1, 0.15) is 43.6 Å². The number of benzene rings is 3. The van der Waals surface area contributed by atoms with E-state index in [1.165, 1.54) is 0 Å². The summed E-state index contributed by atoms with van der Waals surface area (Å²) in [7, 11) is 2.03. The molecule has 5 nitrogen and oxygen atoms in total. The Bertz CT molecular complexity index is 1320. The Morgan fingerprint density at radius 1 is 0.909 bits per heavy atom. The monoisotopic (exact) mass is 436 g/mol. The molecule has 0 N–H and O–H groups in total. The molecule has 1 aliphatic rings. The molecule has 164 valence electrons. The first-order valence-corrected chi connectivity index (χ1v) is 11.1. The van der Waals surface area contributed by atoms with E-state index in [4.69, 9.17) is 9.72 Å². The van der Waals surface area contributed by atoms with Crippen molar-refractivity contribution >= 4 is 22.7 Å². The Balaban J connectivity index is 1.60. The second-order valence-corrected chi connectivity index (χ2v) is 8.34. The average Bonchev–Trinajstić information content (AvgIpc) is 2.86. The van der Waals surface area contributed by atoms with Gasteiger partial charge >= 0.3 is 5.97 Å². The van der Waals surface area contributed by atoms with Crippen molar-refractivity contribution in [3.05, 3.63) is 113 Å². The molecule has 1 atom stereocenters. The van der Waals surface area contributed by atoms with Crippen LogP contribution in [0.25, 0.3) is 10.9 Å². The van der Waals surface area contributed by atoms with Crippen molar-refractivity contribution in [3.8, 4) is 0 Å². The van der Waals surface area contributed by atoms with Gasteiger partial charge in [0, 0.05) is 47.3 Å². The molecular weight excluding hydrogens is 412 g/mol. The third-order valence-corrected chi connectivity index (χ3v) is 6.07. The Kier molecular flexibility index (Phi) is 5.71. The maximum absolute atomic E-state index is 13.7. The lowest BCUT2D eigenvalue weighted by Gasteiger charge is -2.27. The molecule has 5 rings (SSSR count). The number of hydrogen-bond acceptors (Lipinski definition) is 5. The second kappa shape index (κ2) is 8.96. The summed E-state index contributed by atoms with van der Waals surface area (Å²) in [6.45, 7) is 1.49. The predicted octanol–water partition coefficient (Wildman–Crippen LogP) is 5.00. The molecule has 0 amide bonds. The Hall–Kier alpha value is -3.83. The number of hydrogen-bond donors (Lipinski definition) is 0. The molecule has 33 heavy (non-hydrogen) atoms. The van der Waals surface area contributed by atoms with E-state index < -0.39 is 12.1 Å². The van der Waals surface area contributed by atoms with Crippen LogP contribution in [0, 0.1) is 0 Å². The first-order chi connectivity index (χ1) is 16.1. The maximum Gasteiger partial charge on any atom is 0.340 e. The number of carbonyl (C=O) groups is 2. The molecule has 4 aromatic rings. The molecule has 0 fully saturated rings. The van der Waals surface area contributed by atoms with E-state index in [2.05, 4.69) is 4.90 Å². The molecule has 1 aromatic heterocycles. The molecule has 3 aromatic carbocycles. The van der Waals surface area contributed by atoms with Gasteiger partial charge in [-0.2, -0.15) is 0 Å². The topological polar surface area (TPSA) is 59.5 Å². The standard InChI is InChI=1S/C28H24N2O3/c1-30-17-16-24-22(18-30)25(21-14-8-9-15-23(21)29-24)28(32)33-27(20-12-6-3-7-13-20)26(31)19-10-4-2-5-11-19/h2-15,27H,16-18H2,1H3. The molecule has 5 heteroatoms. The number of aromatic nitrogens is 1. The summed E-state index contributed by atoms with van der Waals surface area (Å²) < 4.78 is 6.01. The summed E-state index contributed by atoms with van der Waals surface area (Å²) in [5.41, 5.74) is 4.21. The van der Waals surface area contributed by atoms with Gasteiger partial charge in [0.1, 0.15) is 0 Å². The fraction of sp³-hybridized carbons (Fsp3) is 0.179. The van der Waals surface area contributed by atoms with Crippen LogP contribution in [0.4, 0.5) is 0 Å².